The largest absolute Gasteiger partial charge is 0.486 e. The highest BCUT2D eigenvalue weighted by molar-refractivity contribution is 7.99. The van der Waals surface area contributed by atoms with Crippen molar-refractivity contribution in [3.05, 3.63) is 52.2 Å². The van der Waals surface area contributed by atoms with Gasteiger partial charge in [-0.1, -0.05) is 36.4 Å². The maximum absolute atomic E-state index is 12.6. The number of carbonyl (C=O) groups excluding carboxylic acids is 1. The highest BCUT2D eigenvalue weighted by Crippen LogP contribution is 2.37. The lowest BCUT2D eigenvalue weighted by atomic mass is 10.1. The van der Waals surface area contributed by atoms with Crippen LogP contribution in [0.4, 0.5) is 5.00 Å². The lowest BCUT2D eigenvalue weighted by Crippen LogP contribution is -2.15. The third-order valence-electron chi connectivity index (χ3n) is 5.34. The lowest BCUT2D eigenvalue weighted by Gasteiger charge is -2.09. The molecule has 0 aliphatic heterocycles. The number of aromatic nitrogens is 3. The zero-order valence-corrected chi connectivity index (χ0v) is 19.6. The summed E-state index contributed by atoms with van der Waals surface area (Å²) < 4.78 is 7.74. The summed E-state index contributed by atoms with van der Waals surface area (Å²) in [4.78, 5) is 13.9. The minimum absolute atomic E-state index is 0.143. The van der Waals surface area contributed by atoms with Gasteiger partial charge in [0.2, 0.25) is 5.91 Å². The van der Waals surface area contributed by atoms with Crippen LogP contribution in [0.25, 0.3) is 0 Å². The third-order valence-corrected chi connectivity index (χ3v) is 7.51. The van der Waals surface area contributed by atoms with Crippen LogP contribution in [0.2, 0.25) is 0 Å². The average molecular weight is 468 g/mol. The van der Waals surface area contributed by atoms with Gasteiger partial charge in [0.05, 0.1) is 11.3 Å². The number of amides is 1. The van der Waals surface area contributed by atoms with E-state index >= 15 is 0 Å². The molecule has 1 amide bonds. The Labute approximate surface area is 195 Å². The van der Waals surface area contributed by atoms with E-state index in [4.69, 9.17) is 4.74 Å². The molecule has 4 rings (SSSR count). The van der Waals surface area contributed by atoms with Crippen LogP contribution in [0.3, 0.4) is 0 Å². The molecule has 1 aliphatic rings. The van der Waals surface area contributed by atoms with E-state index in [9.17, 15) is 10.1 Å². The monoisotopic (exact) mass is 467 g/mol. The van der Waals surface area contributed by atoms with Gasteiger partial charge in [-0.25, -0.2) is 0 Å². The van der Waals surface area contributed by atoms with Crippen molar-refractivity contribution in [2.24, 2.45) is 0 Å². The fourth-order valence-corrected chi connectivity index (χ4v) is 5.83. The van der Waals surface area contributed by atoms with E-state index in [2.05, 4.69) is 21.6 Å². The summed E-state index contributed by atoms with van der Waals surface area (Å²) in [5.41, 5.74) is 1.77. The molecule has 0 fully saturated rings. The second-order valence-corrected chi connectivity index (χ2v) is 9.51. The zero-order valence-electron chi connectivity index (χ0n) is 18.0. The summed E-state index contributed by atoms with van der Waals surface area (Å²) in [6.07, 6.45) is 5.36. The summed E-state index contributed by atoms with van der Waals surface area (Å²) in [6.45, 7) is 3.00. The van der Waals surface area contributed by atoms with Crippen LogP contribution in [0.15, 0.2) is 35.5 Å². The van der Waals surface area contributed by atoms with E-state index in [-0.39, 0.29) is 11.7 Å². The number of nitrogens with zero attached hydrogens (tertiary/aromatic N) is 4. The molecule has 3 aromatic rings. The Kier molecular flexibility index (Phi) is 7.45. The van der Waals surface area contributed by atoms with E-state index < -0.39 is 0 Å². The Bertz CT molecular complexity index is 1120. The molecule has 0 radical (unpaired) electrons. The smallest absolute Gasteiger partial charge is 0.235 e. The van der Waals surface area contributed by atoms with Gasteiger partial charge in [-0.05, 0) is 50.3 Å². The maximum Gasteiger partial charge on any atom is 0.235 e. The van der Waals surface area contributed by atoms with Gasteiger partial charge in [0.1, 0.15) is 23.4 Å². The van der Waals surface area contributed by atoms with Crippen LogP contribution in [-0.4, -0.2) is 26.4 Å². The molecule has 0 spiro atoms. The molecule has 1 aromatic carbocycles. The summed E-state index contributed by atoms with van der Waals surface area (Å²) in [7, 11) is 0. The van der Waals surface area contributed by atoms with Gasteiger partial charge in [0.15, 0.2) is 11.0 Å². The molecule has 32 heavy (non-hydrogen) atoms. The van der Waals surface area contributed by atoms with Gasteiger partial charge in [-0.2, -0.15) is 5.26 Å². The van der Waals surface area contributed by atoms with Crippen molar-refractivity contribution in [1.29, 1.82) is 5.26 Å². The molecular formula is C23H25N5O2S2. The predicted molar refractivity (Wildman–Crippen MR) is 126 cm³/mol. The quantitative estimate of drug-likeness (QED) is 0.377. The molecule has 0 atom stereocenters. The van der Waals surface area contributed by atoms with Crippen LogP contribution in [0, 0.1) is 11.3 Å². The fourth-order valence-electron chi connectivity index (χ4n) is 3.76. The third kappa shape index (κ3) is 5.14. The lowest BCUT2D eigenvalue weighted by molar-refractivity contribution is -0.113. The van der Waals surface area contributed by atoms with Gasteiger partial charge < -0.3 is 14.6 Å². The molecule has 1 aliphatic carbocycles. The van der Waals surface area contributed by atoms with E-state index in [1.807, 2.05) is 41.8 Å². The summed E-state index contributed by atoms with van der Waals surface area (Å²) in [5.74, 6) is 1.54. The van der Waals surface area contributed by atoms with Gasteiger partial charge in [0.25, 0.3) is 0 Å². The van der Waals surface area contributed by atoms with Crippen LogP contribution >= 0.6 is 23.1 Å². The number of ether oxygens (including phenoxy) is 1. The van der Waals surface area contributed by atoms with Crippen molar-refractivity contribution in [1.82, 2.24) is 14.8 Å². The minimum Gasteiger partial charge on any atom is -0.486 e. The summed E-state index contributed by atoms with van der Waals surface area (Å²) in [5, 5.41) is 22.4. The van der Waals surface area contributed by atoms with Crippen molar-refractivity contribution in [3.8, 4) is 11.8 Å². The molecule has 0 saturated carbocycles. The average Bonchev–Trinajstić information content (AvgIpc) is 3.28. The van der Waals surface area contributed by atoms with Crippen molar-refractivity contribution >= 4 is 34.0 Å². The molecule has 0 bridgehead atoms. The normalized spacial score (nSPS) is 13.1. The molecule has 7 nitrogen and oxygen atoms in total. The number of fused-ring (bicyclic) bond motifs is 1. The molecule has 2 aromatic heterocycles. The predicted octanol–water partition coefficient (Wildman–Crippen LogP) is 4.81. The molecule has 9 heteroatoms. The van der Waals surface area contributed by atoms with E-state index in [0.29, 0.717) is 34.7 Å². The summed E-state index contributed by atoms with van der Waals surface area (Å²) >= 11 is 2.89. The Morgan fingerprint density at radius 2 is 2.06 bits per heavy atom. The van der Waals surface area contributed by atoms with E-state index in [1.165, 1.54) is 23.1 Å². The Morgan fingerprint density at radius 1 is 1.25 bits per heavy atom. The minimum atomic E-state index is -0.143. The standard InChI is InChI=1S/C23H25N5O2S2/c1-2-28-20(14-30-16-9-5-3-6-10-16)26-27-23(28)31-15-21(29)25-22-18(13-24)17-11-7-4-8-12-19(17)32-22/h3,5-6,9-10H,2,4,7-8,11-12,14-15H2,1H3,(H,25,29). The fraction of sp³-hybridized carbons (Fsp3) is 0.391. The second-order valence-electron chi connectivity index (χ2n) is 7.46. The van der Waals surface area contributed by atoms with Crippen molar-refractivity contribution in [3.63, 3.8) is 0 Å². The first-order chi connectivity index (χ1) is 15.7. The molecule has 0 saturated heterocycles. The maximum atomic E-state index is 12.6. The molecular weight excluding hydrogens is 442 g/mol. The zero-order chi connectivity index (χ0) is 22.3. The van der Waals surface area contributed by atoms with E-state index in [0.717, 1.165) is 37.0 Å². The number of rotatable bonds is 8. The van der Waals surface area contributed by atoms with Crippen molar-refractivity contribution < 1.29 is 9.53 Å². The second kappa shape index (κ2) is 10.7. The number of nitrogens with one attached hydrogen (secondary N) is 1. The number of nitriles is 1. The number of para-hydroxylation sites is 1. The SMILES string of the molecule is CCn1c(COc2ccccc2)nnc1SCC(=O)Nc1sc2c(c1C#N)CCCCC2. The molecule has 0 unspecified atom stereocenters. The topological polar surface area (TPSA) is 92.8 Å². The number of carbonyl (C=O) groups is 1. The molecule has 1 N–H and O–H groups in total. The van der Waals surface area contributed by atoms with Crippen LogP contribution in [0.5, 0.6) is 5.75 Å². The highest BCUT2D eigenvalue weighted by atomic mass is 32.2. The molecule has 2 heterocycles. The Balaban J connectivity index is 1.37. The van der Waals surface area contributed by atoms with E-state index in [1.54, 1.807) is 11.3 Å². The van der Waals surface area contributed by atoms with Gasteiger partial charge >= 0.3 is 0 Å². The first kappa shape index (κ1) is 22.4. The number of hydrogen-bond donors (Lipinski definition) is 1. The first-order valence-electron chi connectivity index (χ1n) is 10.8. The van der Waals surface area contributed by atoms with Crippen LogP contribution in [0.1, 0.15) is 48.0 Å². The number of hydrogen-bond acceptors (Lipinski definition) is 7. The molecule has 166 valence electrons. The van der Waals surface area contributed by atoms with Gasteiger partial charge in [-0.15, -0.1) is 21.5 Å². The van der Waals surface area contributed by atoms with Gasteiger partial charge in [0, 0.05) is 11.4 Å². The number of thiophene rings is 1. The number of aryl methyl sites for hydroxylation is 1. The van der Waals surface area contributed by atoms with Crippen LogP contribution in [-0.2, 0) is 30.8 Å². The number of benzene rings is 1. The highest BCUT2D eigenvalue weighted by Gasteiger charge is 2.21. The van der Waals surface area contributed by atoms with Crippen LogP contribution < -0.4 is 10.1 Å². The summed E-state index contributed by atoms with van der Waals surface area (Å²) in [6, 6.07) is 11.9. The first-order valence-corrected chi connectivity index (χ1v) is 12.6. The Hall–Kier alpha value is -2.83. The number of anilines is 1. The Morgan fingerprint density at radius 3 is 2.84 bits per heavy atom. The van der Waals surface area contributed by atoms with Crippen molar-refractivity contribution in [2.75, 3.05) is 11.1 Å². The van der Waals surface area contributed by atoms with Gasteiger partial charge in [-0.3, -0.25) is 4.79 Å². The van der Waals surface area contributed by atoms with Crippen molar-refractivity contribution in [2.45, 2.75) is 57.3 Å². The number of thioether (sulfide) groups is 1.